The number of rotatable bonds is 2. The van der Waals surface area contributed by atoms with Crippen LogP contribution in [0.25, 0.3) is 28.6 Å². The number of aryl methyl sites for hydroxylation is 1. The van der Waals surface area contributed by atoms with Gasteiger partial charge in [0.25, 0.3) is 17.9 Å². The molecule has 0 bridgehead atoms. The normalized spacial score (nSPS) is 11.1. The number of halogens is 4. The molecule has 13 heteroatoms. The Morgan fingerprint density at radius 2 is 1.94 bits per heavy atom. The number of carbonyl (C=O) groups is 1. The lowest BCUT2D eigenvalue weighted by Gasteiger charge is -2.07. The lowest BCUT2D eigenvalue weighted by Crippen LogP contribution is -2.16. The topological polar surface area (TPSA) is 123 Å². The highest BCUT2D eigenvalue weighted by Gasteiger charge is 2.32. The van der Waals surface area contributed by atoms with E-state index in [1.165, 1.54) is 10.6 Å². The zero-order valence-electron chi connectivity index (χ0n) is 15.5. The monoisotopic (exact) mass is 453 g/mol. The van der Waals surface area contributed by atoms with Gasteiger partial charge in [0.05, 0.1) is 10.6 Å². The summed E-state index contributed by atoms with van der Waals surface area (Å²) in [5.74, 6) is -0.303. The number of alkyl halides is 3. The van der Waals surface area contributed by atoms with Crippen LogP contribution in [0.5, 0.6) is 0 Å². The van der Waals surface area contributed by atoms with Crippen LogP contribution in [-0.4, -0.2) is 36.1 Å². The van der Waals surface area contributed by atoms with Gasteiger partial charge in [-0.25, -0.2) is 4.98 Å². The summed E-state index contributed by atoms with van der Waals surface area (Å²) in [6, 6.07) is 4.19. The number of hydrogen-bond donors (Lipinski definition) is 1. The van der Waals surface area contributed by atoms with Crippen LogP contribution >= 0.6 is 11.6 Å². The maximum absolute atomic E-state index is 12.7. The van der Waals surface area contributed by atoms with Crippen molar-refractivity contribution in [3.8, 4) is 23.0 Å². The van der Waals surface area contributed by atoms with Crippen molar-refractivity contribution in [1.29, 1.82) is 0 Å². The molecule has 0 saturated heterocycles. The van der Waals surface area contributed by atoms with Crippen molar-refractivity contribution in [2.75, 3.05) is 0 Å². The number of fused-ring (bicyclic) bond motifs is 1. The van der Waals surface area contributed by atoms with E-state index in [2.05, 4.69) is 20.1 Å². The molecule has 0 aliphatic carbocycles. The maximum Gasteiger partial charge on any atom is 0.417 e. The van der Waals surface area contributed by atoms with Gasteiger partial charge < -0.3 is 9.63 Å². The van der Waals surface area contributed by atoms with Crippen LogP contribution in [0.3, 0.4) is 0 Å². The highest BCUT2D eigenvalue weighted by Crippen LogP contribution is 2.33. The largest absolute Gasteiger partial charge is 0.483 e. The van der Waals surface area contributed by atoms with Gasteiger partial charge in [-0.1, -0.05) is 16.8 Å². The van der Waals surface area contributed by atoms with E-state index in [0.29, 0.717) is 17.9 Å². The highest BCUT2D eigenvalue weighted by molar-refractivity contribution is 6.32. The molecule has 0 unspecified atom stereocenters. The highest BCUT2D eigenvalue weighted by atomic mass is 35.5. The summed E-state index contributed by atoms with van der Waals surface area (Å²) in [6.07, 6.45) is -1.11. The van der Waals surface area contributed by atoms with Gasteiger partial charge >= 0.3 is 6.18 Å². The fourth-order valence-corrected chi connectivity index (χ4v) is 2.76. The lowest BCUT2D eigenvalue weighted by atomic mass is 10.2. The molecular weight excluding hydrogens is 443 g/mol. The first-order chi connectivity index (χ1) is 14.7. The van der Waals surface area contributed by atoms with E-state index in [1.54, 1.807) is 18.3 Å². The minimum atomic E-state index is -4.58. The quantitative estimate of drug-likeness (QED) is 0.457. The Morgan fingerprint density at radius 3 is 2.58 bits per heavy atom. The molecule has 160 valence electrons. The first kappa shape index (κ1) is 21.9. The van der Waals surface area contributed by atoms with Crippen LogP contribution in [-0.2, 0) is 11.0 Å². The number of carboxylic acid groups (broad SMARTS) is 1. The van der Waals surface area contributed by atoms with E-state index in [4.69, 9.17) is 26.0 Å². The predicted octanol–water partition coefficient (Wildman–Crippen LogP) is 3.49. The molecule has 0 aliphatic heterocycles. The van der Waals surface area contributed by atoms with Crippen LogP contribution in [0, 0.1) is 6.92 Å². The number of pyridine rings is 2. The van der Waals surface area contributed by atoms with Crippen molar-refractivity contribution in [3.05, 3.63) is 63.3 Å². The summed E-state index contributed by atoms with van der Waals surface area (Å²) in [6.45, 7) is 1.62. The average molecular weight is 454 g/mol. The molecule has 31 heavy (non-hydrogen) atoms. The van der Waals surface area contributed by atoms with E-state index in [9.17, 15) is 18.0 Å². The zero-order valence-corrected chi connectivity index (χ0v) is 16.2. The van der Waals surface area contributed by atoms with Crippen molar-refractivity contribution < 1.29 is 27.6 Å². The molecule has 9 nitrogen and oxygen atoms in total. The smallest absolute Gasteiger partial charge is 0.417 e. The fraction of sp³-hybridized carbons (Fsp3) is 0.111. The molecule has 0 fully saturated rings. The molecule has 0 aromatic carbocycles. The third-order valence-corrected chi connectivity index (χ3v) is 4.19. The van der Waals surface area contributed by atoms with Crippen molar-refractivity contribution in [1.82, 2.24) is 24.5 Å². The number of hydrogen-bond acceptors (Lipinski definition) is 7. The van der Waals surface area contributed by atoms with E-state index in [1.807, 2.05) is 6.92 Å². The molecular formula is C18H11ClF3N5O4. The SMILES string of the molecule is Cc1ccn2c(=O)c(-c3nc(-c4ncc(C(F)(F)F)cc4Cl)no3)cnc2c1.O=CO. The Balaban J connectivity index is 0.000000858. The summed E-state index contributed by atoms with van der Waals surface area (Å²) in [5.41, 5.74) is -0.134. The summed E-state index contributed by atoms with van der Waals surface area (Å²) in [7, 11) is 0. The summed E-state index contributed by atoms with van der Waals surface area (Å²) in [5, 5.41) is 10.2. The molecule has 0 saturated carbocycles. The zero-order chi connectivity index (χ0) is 22.8. The van der Waals surface area contributed by atoms with Gasteiger partial charge in [0, 0.05) is 18.6 Å². The Hall–Kier alpha value is -3.80. The van der Waals surface area contributed by atoms with Crippen LogP contribution < -0.4 is 5.56 Å². The standard InChI is InChI=1S/C17H9ClF3N5O2.CH2O2/c1-8-2-3-26-12(4-8)22-7-10(16(26)27)15-24-14(25-28-15)13-11(18)5-9(6-23-13)17(19,20)21;2-1-3/h2-7H,1H3;1H,(H,2,3). The van der Waals surface area contributed by atoms with Crippen molar-refractivity contribution in [2.24, 2.45) is 0 Å². The predicted molar refractivity (Wildman–Crippen MR) is 101 cm³/mol. The fourth-order valence-electron chi connectivity index (χ4n) is 2.51. The second kappa shape index (κ2) is 8.52. The maximum atomic E-state index is 12.7. The van der Waals surface area contributed by atoms with Gasteiger partial charge in [0.1, 0.15) is 16.9 Å². The Bertz CT molecular complexity index is 1320. The van der Waals surface area contributed by atoms with Crippen LogP contribution in [0.1, 0.15) is 11.1 Å². The van der Waals surface area contributed by atoms with Crippen LogP contribution in [0.4, 0.5) is 13.2 Å². The van der Waals surface area contributed by atoms with Gasteiger partial charge in [-0.15, -0.1) is 0 Å². The van der Waals surface area contributed by atoms with E-state index in [-0.39, 0.29) is 34.5 Å². The molecule has 4 aromatic heterocycles. The number of nitrogens with zero attached hydrogens (tertiary/aromatic N) is 5. The van der Waals surface area contributed by atoms with Gasteiger partial charge in [0.15, 0.2) is 0 Å². The number of aromatic nitrogens is 5. The minimum Gasteiger partial charge on any atom is -0.483 e. The summed E-state index contributed by atoms with van der Waals surface area (Å²) in [4.78, 5) is 32.9. The van der Waals surface area contributed by atoms with Crippen LogP contribution in [0.15, 0.2) is 46.1 Å². The second-order valence-corrected chi connectivity index (χ2v) is 6.40. The third kappa shape index (κ3) is 4.53. The van der Waals surface area contributed by atoms with Gasteiger partial charge in [-0.3, -0.25) is 19.0 Å². The minimum absolute atomic E-state index is 0.0307. The Labute approximate surface area is 175 Å². The van der Waals surface area contributed by atoms with E-state index < -0.39 is 17.3 Å². The van der Waals surface area contributed by atoms with Crippen molar-refractivity contribution >= 4 is 23.7 Å². The average Bonchev–Trinajstić information content (AvgIpc) is 3.17. The first-order valence-electron chi connectivity index (χ1n) is 8.28. The van der Waals surface area contributed by atoms with Gasteiger partial charge in [0.2, 0.25) is 5.82 Å². The van der Waals surface area contributed by atoms with E-state index in [0.717, 1.165) is 5.56 Å². The van der Waals surface area contributed by atoms with E-state index >= 15 is 0 Å². The molecule has 0 atom stereocenters. The lowest BCUT2D eigenvalue weighted by molar-refractivity contribution is -0.137. The summed E-state index contributed by atoms with van der Waals surface area (Å²) < 4.78 is 44.6. The molecule has 0 aliphatic rings. The van der Waals surface area contributed by atoms with Crippen molar-refractivity contribution in [3.63, 3.8) is 0 Å². The molecule has 0 amide bonds. The molecule has 0 spiro atoms. The Morgan fingerprint density at radius 1 is 1.23 bits per heavy atom. The third-order valence-electron chi connectivity index (χ3n) is 3.90. The molecule has 0 radical (unpaired) electrons. The molecule has 4 aromatic rings. The first-order valence-corrected chi connectivity index (χ1v) is 8.66. The summed E-state index contributed by atoms with van der Waals surface area (Å²) >= 11 is 5.89. The molecule has 4 heterocycles. The molecule has 4 rings (SSSR count). The van der Waals surface area contributed by atoms with Crippen molar-refractivity contribution in [2.45, 2.75) is 13.1 Å². The van der Waals surface area contributed by atoms with Gasteiger partial charge in [-0.2, -0.15) is 18.2 Å². The second-order valence-electron chi connectivity index (χ2n) is 5.99. The van der Waals surface area contributed by atoms with Gasteiger partial charge in [-0.05, 0) is 30.7 Å². The van der Waals surface area contributed by atoms with Crippen LogP contribution in [0.2, 0.25) is 5.02 Å². The molecule has 1 N–H and O–H groups in total. The Kier molecular flexibility index (Phi) is 6.02.